The van der Waals surface area contributed by atoms with Gasteiger partial charge in [-0.25, -0.2) is 21.9 Å². The van der Waals surface area contributed by atoms with E-state index >= 15 is 0 Å². The van der Waals surface area contributed by atoms with Crippen molar-refractivity contribution in [2.75, 3.05) is 19.6 Å². The van der Waals surface area contributed by atoms with Crippen molar-refractivity contribution in [1.82, 2.24) is 9.62 Å². The van der Waals surface area contributed by atoms with Crippen molar-refractivity contribution in [3.05, 3.63) is 67.7 Å². The molecule has 0 atom stereocenters. The van der Waals surface area contributed by atoms with E-state index in [1.54, 1.807) is 6.07 Å². The Bertz CT molecular complexity index is 1070. The summed E-state index contributed by atoms with van der Waals surface area (Å²) >= 11 is 2.89. The summed E-state index contributed by atoms with van der Waals surface area (Å²) in [5.74, 6) is -2.01. The van der Waals surface area contributed by atoms with Crippen molar-refractivity contribution in [2.24, 2.45) is 0 Å². The summed E-state index contributed by atoms with van der Waals surface area (Å²) in [7, 11) is -4.09. The van der Waals surface area contributed by atoms with Crippen LogP contribution in [0.4, 0.5) is 14.5 Å². The Kier molecular flexibility index (Phi) is 9.53. The molecule has 0 fully saturated rings. The van der Waals surface area contributed by atoms with Crippen LogP contribution in [0.3, 0.4) is 0 Å². The highest BCUT2D eigenvalue weighted by Gasteiger charge is 2.23. The Labute approximate surface area is 199 Å². The zero-order chi connectivity index (χ0) is 22.6. The third kappa shape index (κ3) is 6.67. The third-order valence-corrected chi connectivity index (χ3v) is 7.59. The SMILES string of the molecule is Cl.O=[N+]([O-])c1ccc2c(c1)CN(CCCCCNS(=O)(=O)c1c(F)cc(F)cc1Br)CC2. The number of halogens is 4. The molecular formula is C20H23BrClF2N3O4S. The lowest BCUT2D eigenvalue weighted by atomic mass is 9.99. The number of nitro benzene ring substituents is 1. The van der Waals surface area contributed by atoms with Crippen LogP contribution in [0.5, 0.6) is 0 Å². The normalized spacial score (nSPS) is 14.0. The average Bonchev–Trinajstić information content (AvgIpc) is 2.68. The van der Waals surface area contributed by atoms with Gasteiger partial charge in [0.2, 0.25) is 10.0 Å². The molecule has 1 N–H and O–H groups in total. The monoisotopic (exact) mass is 553 g/mol. The Morgan fingerprint density at radius 3 is 2.56 bits per heavy atom. The van der Waals surface area contributed by atoms with Gasteiger partial charge in [-0.15, -0.1) is 12.4 Å². The zero-order valence-corrected chi connectivity index (χ0v) is 20.2. The molecule has 0 unspecified atom stereocenters. The topological polar surface area (TPSA) is 92.6 Å². The van der Waals surface area contributed by atoms with Gasteiger partial charge in [0.25, 0.3) is 5.69 Å². The van der Waals surface area contributed by atoms with Gasteiger partial charge in [0.1, 0.15) is 16.5 Å². The molecule has 0 aliphatic carbocycles. The van der Waals surface area contributed by atoms with Gasteiger partial charge in [0, 0.05) is 42.3 Å². The highest BCUT2D eigenvalue weighted by Crippen LogP contribution is 2.26. The van der Waals surface area contributed by atoms with Gasteiger partial charge in [-0.1, -0.05) is 12.5 Å². The van der Waals surface area contributed by atoms with E-state index in [0.29, 0.717) is 19.0 Å². The molecule has 7 nitrogen and oxygen atoms in total. The fourth-order valence-corrected chi connectivity index (χ4v) is 5.84. The number of unbranched alkanes of at least 4 members (excludes halogenated alkanes) is 2. The maximum atomic E-state index is 13.9. The van der Waals surface area contributed by atoms with Gasteiger partial charge in [-0.05, 0) is 58.9 Å². The predicted molar refractivity (Wildman–Crippen MR) is 122 cm³/mol. The summed E-state index contributed by atoms with van der Waals surface area (Å²) in [5, 5.41) is 11.0. The molecule has 0 saturated heterocycles. The molecule has 1 heterocycles. The predicted octanol–water partition coefficient (Wildman–Crippen LogP) is 4.56. The molecule has 2 aromatic rings. The van der Waals surface area contributed by atoms with Crippen molar-refractivity contribution in [2.45, 2.75) is 37.1 Å². The molecule has 176 valence electrons. The number of rotatable bonds is 9. The van der Waals surface area contributed by atoms with E-state index in [2.05, 4.69) is 25.6 Å². The number of non-ortho nitro benzene ring substituents is 1. The van der Waals surface area contributed by atoms with Gasteiger partial charge >= 0.3 is 0 Å². The summed E-state index contributed by atoms with van der Waals surface area (Å²) in [5.41, 5.74) is 2.20. The first-order chi connectivity index (χ1) is 14.7. The lowest BCUT2D eigenvalue weighted by molar-refractivity contribution is -0.385. The molecule has 0 amide bonds. The Morgan fingerprint density at radius 1 is 1.12 bits per heavy atom. The molecule has 0 spiro atoms. The van der Waals surface area contributed by atoms with Gasteiger partial charge in [-0.2, -0.15) is 0 Å². The fraction of sp³-hybridized carbons (Fsp3) is 0.400. The Morgan fingerprint density at radius 2 is 1.88 bits per heavy atom. The molecule has 0 saturated carbocycles. The van der Waals surface area contributed by atoms with Crippen molar-refractivity contribution < 1.29 is 22.1 Å². The van der Waals surface area contributed by atoms with Crippen LogP contribution < -0.4 is 4.72 Å². The largest absolute Gasteiger partial charge is 0.299 e. The van der Waals surface area contributed by atoms with Crippen LogP contribution >= 0.6 is 28.3 Å². The second-order valence-corrected chi connectivity index (χ2v) is 9.95. The third-order valence-electron chi connectivity index (χ3n) is 5.17. The molecule has 0 bridgehead atoms. The second kappa shape index (κ2) is 11.5. The Balaban J connectivity index is 0.00000363. The van der Waals surface area contributed by atoms with Crippen LogP contribution in [0, 0.1) is 21.7 Å². The van der Waals surface area contributed by atoms with E-state index < -0.39 is 31.5 Å². The number of sulfonamides is 1. The van der Waals surface area contributed by atoms with Crippen LogP contribution in [0.15, 0.2) is 39.7 Å². The molecule has 32 heavy (non-hydrogen) atoms. The summed E-state index contributed by atoms with van der Waals surface area (Å²) < 4.78 is 53.8. The summed E-state index contributed by atoms with van der Waals surface area (Å²) in [6, 6.07) is 6.42. The maximum absolute atomic E-state index is 13.9. The minimum atomic E-state index is -4.09. The van der Waals surface area contributed by atoms with Gasteiger partial charge in [0.15, 0.2) is 0 Å². The molecule has 1 aliphatic heterocycles. The molecule has 0 aromatic heterocycles. The first-order valence-corrected chi connectivity index (χ1v) is 12.1. The minimum Gasteiger partial charge on any atom is -0.299 e. The number of nitrogens with zero attached hydrogens (tertiary/aromatic N) is 2. The number of nitrogens with one attached hydrogen (secondary N) is 1. The smallest absolute Gasteiger partial charge is 0.269 e. The quantitative estimate of drug-likeness (QED) is 0.279. The zero-order valence-electron chi connectivity index (χ0n) is 17.0. The van der Waals surface area contributed by atoms with Crippen LogP contribution in [0.2, 0.25) is 0 Å². The highest BCUT2D eigenvalue weighted by molar-refractivity contribution is 9.10. The van der Waals surface area contributed by atoms with Crippen molar-refractivity contribution >= 4 is 44.0 Å². The summed E-state index contributed by atoms with van der Waals surface area (Å²) in [4.78, 5) is 12.2. The first kappa shape index (κ1) is 26.6. The van der Waals surface area contributed by atoms with E-state index in [0.717, 1.165) is 49.5 Å². The molecule has 0 radical (unpaired) electrons. The molecule has 12 heteroatoms. The van der Waals surface area contributed by atoms with Crippen LogP contribution in [-0.4, -0.2) is 37.9 Å². The van der Waals surface area contributed by atoms with Crippen LogP contribution in [0.25, 0.3) is 0 Å². The number of hydrogen-bond donors (Lipinski definition) is 1. The van der Waals surface area contributed by atoms with Crippen molar-refractivity contribution in [3.8, 4) is 0 Å². The Hall–Kier alpha value is -1.66. The lowest BCUT2D eigenvalue weighted by Crippen LogP contribution is -2.31. The molecule has 3 rings (SSSR count). The van der Waals surface area contributed by atoms with E-state index in [1.807, 2.05) is 6.07 Å². The number of benzene rings is 2. The second-order valence-electron chi connectivity index (χ2n) is 7.39. The van der Waals surface area contributed by atoms with Gasteiger partial charge in [-0.3, -0.25) is 15.0 Å². The minimum absolute atomic E-state index is 0. The lowest BCUT2D eigenvalue weighted by Gasteiger charge is -2.28. The molecule has 1 aliphatic rings. The summed E-state index contributed by atoms with van der Waals surface area (Å²) in [6.07, 6.45) is 3.00. The number of fused-ring (bicyclic) bond motifs is 1. The van der Waals surface area contributed by atoms with E-state index in [9.17, 15) is 27.3 Å². The van der Waals surface area contributed by atoms with Gasteiger partial charge in [0.05, 0.1) is 4.92 Å². The molecule has 2 aromatic carbocycles. The van der Waals surface area contributed by atoms with Crippen LogP contribution in [-0.2, 0) is 23.0 Å². The number of nitro groups is 1. The van der Waals surface area contributed by atoms with E-state index in [-0.39, 0.29) is 29.1 Å². The average molecular weight is 555 g/mol. The maximum Gasteiger partial charge on any atom is 0.269 e. The molecular weight excluding hydrogens is 532 g/mol. The first-order valence-electron chi connectivity index (χ1n) is 9.80. The standard InChI is InChI=1S/C20H22BrF2N3O4S.ClH/c21-18-11-16(22)12-19(23)20(18)31(29,30)24-7-2-1-3-8-25-9-6-14-4-5-17(26(27)28)10-15(14)13-25;/h4-5,10-12,24H,1-3,6-9,13H2;1H. The fourth-order valence-electron chi connectivity index (χ4n) is 3.61. The van der Waals surface area contributed by atoms with Crippen LogP contribution in [0.1, 0.15) is 30.4 Å². The van der Waals surface area contributed by atoms with E-state index in [1.165, 1.54) is 6.07 Å². The van der Waals surface area contributed by atoms with E-state index in [4.69, 9.17) is 0 Å². The number of hydrogen-bond acceptors (Lipinski definition) is 5. The highest BCUT2D eigenvalue weighted by atomic mass is 79.9. The van der Waals surface area contributed by atoms with Crippen molar-refractivity contribution in [1.29, 1.82) is 0 Å². The summed E-state index contributed by atoms with van der Waals surface area (Å²) in [6.45, 7) is 2.46. The van der Waals surface area contributed by atoms with Crippen molar-refractivity contribution in [3.63, 3.8) is 0 Å². The van der Waals surface area contributed by atoms with Gasteiger partial charge < -0.3 is 0 Å².